The average Bonchev–Trinajstić information content (AvgIpc) is 3.03. The molecule has 0 aliphatic carbocycles. The SMILES string of the molecule is O=C(Nc1ccc2nsnc2c1)c1cc(=O)c2cc(Cl)ccc2o1. The summed E-state index contributed by atoms with van der Waals surface area (Å²) < 4.78 is 13.7. The van der Waals surface area contributed by atoms with Crippen LogP contribution < -0.4 is 10.7 Å². The minimum atomic E-state index is -0.522. The number of amides is 1. The standard InChI is InChI=1S/C16H8ClN3O3S/c17-8-1-4-14-10(5-8)13(21)7-15(23-14)16(22)18-9-2-3-11-12(6-9)20-24-19-11/h1-7H,(H,18,22). The third-order valence-electron chi connectivity index (χ3n) is 3.42. The van der Waals surface area contributed by atoms with Gasteiger partial charge in [0.25, 0.3) is 5.91 Å². The second-order valence-corrected chi connectivity index (χ2v) is 6.00. The minimum absolute atomic E-state index is 0.0775. The van der Waals surface area contributed by atoms with Gasteiger partial charge in [-0.05, 0) is 36.4 Å². The second kappa shape index (κ2) is 5.70. The van der Waals surface area contributed by atoms with E-state index in [1.165, 1.54) is 6.07 Å². The lowest BCUT2D eigenvalue weighted by Crippen LogP contribution is -2.14. The molecule has 0 bridgehead atoms. The van der Waals surface area contributed by atoms with Gasteiger partial charge in [-0.2, -0.15) is 8.75 Å². The Morgan fingerprint density at radius 1 is 1.08 bits per heavy atom. The molecule has 6 nitrogen and oxygen atoms in total. The van der Waals surface area contributed by atoms with Crippen LogP contribution in [-0.2, 0) is 0 Å². The molecule has 1 amide bonds. The Bertz CT molecular complexity index is 1150. The lowest BCUT2D eigenvalue weighted by Gasteiger charge is -2.05. The Kier molecular flexibility index (Phi) is 3.51. The Morgan fingerprint density at radius 2 is 1.92 bits per heavy atom. The summed E-state index contributed by atoms with van der Waals surface area (Å²) in [6, 6.07) is 11.0. The Balaban J connectivity index is 1.69. The van der Waals surface area contributed by atoms with Gasteiger partial charge in [-0.15, -0.1) is 0 Å². The van der Waals surface area contributed by atoms with E-state index >= 15 is 0 Å². The zero-order valence-electron chi connectivity index (χ0n) is 11.9. The van der Waals surface area contributed by atoms with E-state index in [4.69, 9.17) is 16.0 Å². The molecule has 0 aliphatic heterocycles. The van der Waals surface area contributed by atoms with E-state index in [1.807, 2.05) is 0 Å². The molecule has 4 rings (SSSR count). The molecular weight excluding hydrogens is 350 g/mol. The smallest absolute Gasteiger partial charge is 0.291 e. The van der Waals surface area contributed by atoms with Gasteiger partial charge in [0.2, 0.25) is 0 Å². The number of fused-ring (bicyclic) bond motifs is 2. The molecule has 0 radical (unpaired) electrons. The van der Waals surface area contributed by atoms with Crippen molar-refractivity contribution in [3.63, 3.8) is 0 Å². The maximum atomic E-state index is 12.3. The fourth-order valence-corrected chi connectivity index (χ4v) is 2.98. The number of rotatable bonds is 2. The molecule has 0 aliphatic rings. The third kappa shape index (κ3) is 2.64. The van der Waals surface area contributed by atoms with Gasteiger partial charge in [-0.25, -0.2) is 0 Å². The third-order valence-corrected chi connectivity index (χ3v) is 4.22. The van der Waals surface area contributed by atoms with Gasteiger partial charge in [0.1, 0.15) is 16.6 Å². The first-order valence-electron chi connectivity index (χ1n) is 6.87. The van der Waals surface area contributed by atoms with Crippen LogP contribution in [0.3, 0.4) is 0 Å². The highest BCUT2D eigenvalue weighted by molar-refractivity contribution is 7.00. The van der Waals surface area contributed by atoms with Crippen molar-refractivity contribution in [2.75, 3.05) is 5.32 Å². The van der Waals surface area contributed by atoms with Crippen LogP contribution in [0.25, 0.3) is 22.0 Å². The second-order valence-electron chi connectivity index (χ2n) is 5.04. The molecule has 0 saturated carbocycles. The maximum Gasteiger partial charge on any atom is 0.291 e. The van der Waals surface area contributed by atoms with Crippen LogP contribution in [0.4, 0.5) is 5.69 Å². The number of anilines is 1. The summed E-state index contributed by atoms with van der Waals surface area (Å²) >= 11 is 6.97. The van der Waals surface area contributed by atoms with Crippen LogP contribution in [-0.4, -0.2) is 14.7 Å². The molecule has 0 atom stereocenters. The number of aromatic nitrogens is 2. The van der Waals surface area contributed by atoms with Crippen molar-refractivity contribution in [3.8, 4) is 0 Å². The molecule has 0 spiro atoms. The number of halogens is 1. The van der Waals surface area contributed by atoms with Crippen LogP contribution in [0.2, 0.25) is 5.02 Å². The molecule has 0 unspecified atom stereocenters. The van der Waals surface area contributed by atoms with Crippen LogP contribution >= 0.6 is 23.3 Å². The number of nitrogens with one attached hydrogen (secondary N) is 1. The van der Waals surface area contributed by atoms with E-state index < -0.39 is 5.91 Å². The number of carbonyl (C=O) groups is 1. The normalized spacial score (nSPS) is 11.0. The average molecular weight is 358 g/mol. The number of hydrogen-bond donors (Lipinski definition) is 1. The first-order valence-corrected chi connectivity index (χ1v) is 7.98. The monoisotopic (exact) mass is 357 g/mol. The van der Waals surface area contributed by atoms with Crippen LogP contribution in [0.1, 0.15) is 10.6 Å². The number of benzene rings is 2. The number of nitrogens with zero attached hydrogens (tertiary/aromatic N) is 2. The summed E-state index contributed by atoms with van der Waals surface area (Å²) in [4.78, 5) is 24.5. The summed E-state index contributed by atoms with van der Waals surface area (Å²) in [7, 11) is 0. The number of carbonyl (C=O) groups excluding carboxylic acids is 1. The van der Waals surface area contributed by atoms with Gasteiger partial charge >= 0.3 is 0 Å². The zero-order chi connectivity index (χ0) is 16.7. The predicted molar refractivity (Wildman–Crippen MR) is 92.9 cm³/mol. The number of hydrogen-bond acceptors (Lipinski definition) is 6. The van der Waals surface area contributed by atoms with Crippen molar-refractivity contribution in [1.82, 2.24) is 8.75 Å². The minimum Gasteiger partial charge on any atom is -0.451 e. The van der Waals surface area contributed by atoms with Crippen molar-refractivity contribution in [2.24, 2.45) is 0 Å². The van der Waals surface area contributed by atoms with Gasteiger partial charge in [0.15, 0.2) is 11.2 Å². The fourth-order valence-electron chi connectivity index (χ4n) is 2.29. The first kappa shape index (κ1) is 14.8. The van der Waals surface area contributed by atoms with Gasteiger partial charge in [0, 0.05) is 16.8 Å². The summed E-state index contributed by atoms with van der Waals surface area (Å²) in [5.41, 5.74) is 1.96. The highest BCUT2D eigenvalue weighted by Crippen LogP contribution is 2.20. The largest absolute Gasteiger partial charge is 0.451 e. The zero-order valence-corrected chi connectivity index (χ0v) is 13.5. The van der Waals surface area contributed by atoms with E-state index in [1.54, 1.807) is 30.3 Å². The molecule has 118 valence electrons. The lowest BCUT2D eigenvalue weighted by atomic mass is 10.2. The predicted octanol–water partition coefficient (Wildman–Crippen LogP) is 3.70. The van der Waals surface area contributed by atoms with Crippen molar-refractivity contribution >= 4 is 56.9 Å². The van der Waals surface area contributed by atoms with E-state index in [-0.39, 0.29) is 11.2 Å². The van der Waals surface area contributed by atoms with Crippen LogP contribution in [0, 0.1) is 0 Å². The Labute approximate surface area is 144 Å². The fraction of sp³-hybridized carbons (Fsp3) is 0. The van der Waals surface area contributed by atoms with Gasteiger partial charge < -0.3 is 9.73 Å². The molecule has 0 fully saturated rings. The summed E-state index contributed by atoms with van der Waals surface area (Å²) in [5, 5.41) is 3.44. The first-order chi connectivity index (χ1) is 11.6. The topological polar surface area (TPSA) is 85.1 Å². The van der Waals surface area contributed by atoms with Crippen molar-refractivity contribution in [2.45, 2.75) is 0 Å². The van der Waals surface area contributed by atoms with E-state index in [0.29, 0.717) is 27.2 Å². The Morgan fingerprint density at radius 3 is 2.79 bits per heavy atom. The van der Waals surface area contributed by atoms with E-state index in [2.05, 4.69) is 14.1 Å². The van der Waals surface area contributed by atoms with Gasteiger partial charge in [-0.3, -0.25) is 9.59 Å². The molecule has 4 aromatic rings. The van der Waals surface area contributed by atoms with Gasteiger partial charge in [-0.1, -0.05) is 11.6 Å². The van der Waals surface area contributed by atoms with Crippen LogP contribution in [0.15, 0.2) is 51.7 Å². The highest BCUT2D eigenvalue weighted by Gasteiger charge is 2.13. The Hall–Kier alpha value is -2.77. The van der Waals surface area contributed by atoms with Crippen molar-refractivity contribution in [1.29, 1.82) is 0 Å². The quantitative estimate of drug-likeness (QED) is 0.591. The molecule has 0 saturated heterocycles. The van der Waals surface area contributed by atoms with Crippen molar-refractivity contribution < 1.29 is 9.21 Å². The highest BCUT2D eigenvalue weighted by atomic mass is 35.5. The molecule has 2 aromatic heterocycles. The van der Waals surface area contributed by atoms with E-state index in [9.17, 15) is 9.59 Å². The molecule has 2 heterocycles. The molecule has 1 N–H and O–H groups in total. The summed E-state index contributed by atoms with van der Waals surface area (Å²) in [6.07, 6.45) is 0. The molecule has 2 aromatic carbocycles. The molecular formula is C16H8ClN3O3S. The lowest BCUT2D eigenvalue weighted by molar-refractivity contribution is 0.0997. The van der Waals surface area contributed by atoms with E-state index in [0.717, 1.165) is 23.3 Å². The maximum absolute atomic E-state index is 12.3. The van der Waals surface area contributed by atoms with Gasteiger partial charge in [0.05, 0.1) is 17.1 Å². The summed E-state index contributed by atoms with van der Waals surface area (Å²) in [6.45, 7) is 0. The summed E-state index contributed by atoms with van der Waals surface area (Å²) in [5.74, 6) is -0.599. The van der Waals surface area contributed by atoms with Crippen molar-refractivity contribution in [3.05, 3.63) is 63.5 Å². The molecule has 8 heteroatoms. The molecule has 24 heavy (non-hydrogen) atoms. The van der Waals surface area contributed by atoms with Crippen LogP contribution in [0.5, 0.6) is 0 Å².